The molecule has 3 aromatic rings. The Morgan fingerprint density at radius 2 is 1.96 bits per heavy atom. The molecule has 0 aliphatic carbocycles. The van der Waals surface area contributed by atoms with Crippen molar-refractivity contribution < 1.29 is 14.3 Å². The molecule has 0 unspecified atom stereocenters. The van der Waals surface area contributed by atoms with Crippen molar-refractivity contribution in [1.29, 1.82) is 0 Å². The largest absolute Gasteiger partial charge is 0.455 e. The van der Waals surface area contributed by atoms with Gasteiger partial charge in [-0.2, -0.15) is 0 Å². The first-order valence-corrected chi connectivity index (χ1v) is 10.3. The van der Waals surface area contributed by atoms with Gasteiger partial charge in [-0.1, -0.05) is 29.8 Å². The van der Waals surface area contributed by atoms with Crippen LogP contribution in [0.5, 0.6) is 0 Å². The lowest BCUT2D eigenvalue weighted by Gasteiger charge is -2.16. The normalized spacial score (nSPS) is 10.6. The molecular weight excluding hydrogens is 404 g/mol. The molecule has 0 N–H and O–H groups in total. The van der Waals surface area contributed by atoms with E-state index < -0.39 is 5.97 Å². The summed E-state index contributed by atoms with van der Waals surface area (Å²) in [6, 6.07) is 11.2. The van der Waals surface area contributed by atoms with Crippen LogP contribution in [0.3, 0.4) is 0 Å². The van der Waals surface area contributed by atoms with Crippen LogP contribution in [-0.2, 0) is 27.3 Å². The molecule has 0 saturated carbocycles. The van der Waals surface area contributed by atoms with Crippen molar-refractivity contribution in [2.45, 2.75) is 13.0 Å². The van der Waals surface area contributed by atoms with Crippen LogP contribution >= 0.6 is 34.3 Å². The molecule has 0 aliphatic rings. The van der Waals surface area contributed by atoms with Crippen molar-refractivity contribution in [3.63, 3.8) is 0 Å². The molecule has 8 heteroatoms. The predicted molar refractivity (Wildman–Crippen MR) is 108 cm³/mol. The molecule has 3 rings (SSSR count). The van der Waals surface area contributed by atoms with Gasteiger partial charge in [0.1, 0.15) is 5.01 Å². The monoisotopic (exact) mass is 420 g/mol. The highest BCUT2D eigenvalue weighted by Crippen LogP contribution is 2.25. The molecule has 0 aliphatic heterocycles. The van der Waals surface area contributed by atoms with Gasteiger partial charge in [-0.3, -0.25) is 9.59 Å². The Morgan fingerprint density at radius 3 is 2.67 bits per heavy atom. The first-order chi connectivity index (χ1) is 13.0. The van der Waals surface area contributed by atoms with Crippen LogP contribution in [0.25, 0.3) is 10.6 Å². The smallest absolute Gasteiger partial charge is 0.312 e. The number of thiophene rings is 1. The van der Waals surface area contributed by atoms with E-state index >= 15 is 0 Å². The SMILES string of the molecule is CN(Cc1cccs1)C(=O)COC(=O)Cc1csc(-c2ccc(Cl)cc2)n1. The lowest BCUT2D eigenvalue weighted by Crippen LogP contribution is -2.30. The lowest BCUT2D eigenvalue weighted by atomic mass is 10.2. The number of likely N-dealkylation sites (N-methyl/N-ethyl adjacent to an activating group) is 1. The summed E-state index contributed by atoms with van der Waals surface area (Å²) in [6.45, 7) is 0.236. The summed E-state index contributed by atoms with van der Waals surface area (Å²) >= 11 is 8.91. The quantitative estimate of drug-likeness (QED) is 0.535. The molecule has 2 heterocycles. The summed E-state index contributed by atoms with van der Waals surface area (Å²) in [7, 11) is 1.69. The fraction of sp³-hybridized carbons (Fsp3) is 0.211. The van der Waals surface area contributed by atoms with Crippen LogP contribution < -0.4 is 0 Å². The Labute approximate surface area is 170 Å². The maximum atomic E-state index is 12.1. The number of hydrogen-bond acceptors (Lipinski definition) is 6. The van der Waals surface area contributed by atoms with Gasteiger partial charge in [0, 0.05) is 27.9 Å². The molecule has 0 radical (unpaired) electrons. The minimum absolute atomic E-state index is 0.0337. The van der Waals surface area contributed by atoms with Gasteiger partial charge in [0.15, 0.2) is 6.61 Å². The first-order valence-electron chi connectivity index (χ1n) is 8.13. The second-order valence-corrected chi connectivity index (χ2v) is 8.14. The van der Waals surface area contributed by atoms with Crippen LogP contribution in [0.15, 0.2) is 47.2 Å². The average Bonchev–Trinajstić information content (AvgIpc) is 3.32. The van der Waals surface area contributed by atoms with Crippen LogP contribution in [0.1, 0.15) is 10.6 Å². The van der Waals surface area contributed by atoms with E-state index in [4.69, 9.17) is 16.3 Å². The third-order valence-corrected chi connectivity index (χ3v) is 5.78. The van der Waals surface area contributed by atoms with Gasteiger partial charge in [-0.15, -0.1) is 22.7 Å². The molecule has 1 aromatic carbocycles. The molecular formula is C19H17ClN2O3S2. The van der Waals surface area contributed by atoms with Gasteiger partial charge in [0.2, 0.25) is 0 Å². The minimum Gasteiger partial charge on any atom is -0.455 e. The molecule has 0 bridgehead atoms. The van der Waals surface area contributed by atoms with E-state index in [1.807, 2.05) is 35.0 Å². The summed E-state index contributed by atoms with van der Waals surface area (Å²) in [6.07, 6.45) is 0.0337. The molecule has 0 atom stereocenters. The maximum absolute atomic E-state index is 12.1. The number of nitrogens with zero attached hydrogens (tertiary/aromatic N) is 2. The zero-order valence-corrected chi connectivity index (χ0v) is 16.9. The highest BCUT2D eigenvalue weighted by Gasteiger charge is 2.15. The molecule has 5 nitrogen and oxygen atoms in total. The van der Waals surface area contributed by atoms with Crippen molar-refractivity contribution in [3.05, 3.63) is 62.8 Å². The number of carbonyl (C=O) groups is 2. The lowest BCUT2D eigenvalue weighted by molar-refractivity contribution is -0.151. The van der Waals surface area contributed by atoms with E-state index in [0.717, 1.165) is 15.4 Å². The number of aromatic nitrogens is 1. The van der Waals surface area contributed by atoms with Gasteiger partial charge in [0.05, 0.1) is 18.7 Å². The summed E-state index contributed by atoms with van der Waals surface area (Å²) < 4.78 is 5.10. The number of hydrogen-bond donors (Lipinski definition) is 0. The Balaban J connectivity index is 1.48. The third kappa shape index (κ3) is 5.63. The Kier molecular flexibility index (Phi) is 6.60. The van der Waals surface area contributed by atoms with E-state index in [1.54, 1.807) is 35.4 Å². The van der Waals surface area contributed by atoms with Crippen molar-refractivity contribution in [3.8, 4) is 10.6 Å². The first kappa shape index (κ1) is 19.5. The molecule has 1 amide bonds. The van der Waals surface area contributed by atoms with Gasteiger partial charge in [-0.05, 0) is 23.6 Å². The van der Waals surface area contributed by atoms with Gasteiger partial charge in [-0.25, -0.2) is 4.98 Å². The zero-order chi connectivity index (χ0) is 19.2. The van der Waals surface area contributed by atoms with E-state index in [0.29, 0.717) is 17.3 Å². The number of benzene rings is 1. The number of amides is 1. The Hall–Kier alpha value is -2.22. The fourth-order valence-electron chi connectivity index (χ4n) is 2.29. The highest BCUT2D eigenvalue weighted by atomic mass is 35.5. The van der Waals surface area contributed by atoms with Crippen LogP contribution in [0.4, 0.5) is 0 Å². The number of halogens is 1. The van der Waals surface area contributed by atoms with Crippen molar-refractivity contribution in [2.75, 3.05) is 13.7 Å². The molecule has 0 saturated heterocycles. The van der Waals surface area contributed by atoms with Gasteiger partial charge in [0.25, 0.3) is 5.91 Å². The predicted octanol–water partition coefficient (Wildman–Crippen LogP) is 4.27. The topological polar surface area (TPSA) is 59.5 Å². The molecule has 27 heavy (non-hydrogen) atoms. The van der Waals surface area contributed by atoms with E-state index in [2.05, 4.69) is 4.98 Å². The summed E-state index contributed by atoms with van der Waals surface area (Å²) in [5, 5.41) is 5.24. The second kappa shape index (κ2) is 9.12. The van der Waals surface area contributed by atoms with Crippen molar-refractivity contribution >= 4 is 46.2 Å². The summed E-state index contributed by atoms with van der Waals surface area (Å²) in [4.78, 5) is 31.1. The number of carbonyl (C=O) groups excluding carboxylic acids is 2. The average molecular weight is 421 g/mol. The van der Waals surface area contributed by atoms with E-state index in [-0.39, 0.29) is 18.9 Å². The summed E-state index contributed by atoms with van der Waals surface area (Å²) in [5.74, 6) is -0.710. The van der Waals surface area contributed by atoms with E-state index in [9.17, 15) is 9.59 Å². The van der Waals surface area contributed by atoms with Gasteiger partial charge < -0.3 is 9.64 Å². The summed E-state index contributed by atoms with van der Waals surface area (Å²) in [5.41, 5.74) is 1.56. The second-order valence-electron chi connectivity index (χ2n) is 5.82. The molecule has 0 fully saturated rings. The Bertz CT molecular complexity index is 907. The Morgan fingerprint density at radius 1 is 1.19 bits per heavy atom. The molecule has 2 aromatic heterocycles. The third-order valence-electron chi connectivity index (χ3n) is 3.72. The number of thiazole rings is 1. The minimum atomic E-state index is -0.471. The van der Waals surface area contributed by atoms with Gasteiger partial charge >= 0.3 is 5.97 Å². The van der Waals surface area contributed by atoms with Crippen LogP contribution in [-0.4, -0.2) is 35.4 Å². The number of esters is 1. The highest BCUT2D eigenvalue weighted by molar-refractivity contribution is 7.13. The maximum Gasteiger partial charge on any atom is 0.312 e. The standard InChI is InChI=1S/C19H17ClN2O3S2/c1-22(10-16-3-2-8-26-16)17(23)11-25-18(24)9-15-12-27-19(21-15)13-4-6-14(20)7-5-13/h2-8,12H,9-11H2,1H3. The number of rotatable bonds is 7. The number of ether oxygens (including phenoxy) is 1. The molecule has 0 spiro atoms. The van der Waals surface area contributed by atoms with Crippen LogP contribution in [0, 0.1) is 0 Å². The molecule has 140 valence electrons. The fourth-order valence-corrected chi connectivity index (χ4v) is 4.00. The van der Waals surface area contributed by atoms with E-state index in [1.165, 1.54) is 11.3 Å². The van der Waals surface area contributed by atoms with Crippen LogP contribution in [0.2, 0.25) is 5.02 Å². The van der Waals surface area contributed by atoms with Crippen molar-refractivity contribution in [2.24, 2.45) is 0 Å². The van der Waals surface area contributed by atoms with Crippen molar-refractivity contribution in [1.82, 2.24) is 9.88 Å². The zero-order valence-electron chi connectivity index (χ0n) is 14.6.